The van der Waals surface area contributed by atoms with Gasteiger partial charge in [0.25, 0.3) is 0 Å². The van der Waals surface area contributed by atoms with E-state index in [4.69, 9.17) is 5.73 Å². The van der Waals surface area contributed by atoms with Crippen molar-refractivity contribution in [2.75, 3.05) is 6.54 Å². The molecule has 0 radical (unpaired) electrons. The van der Waals surface area contributed by atoms with E-state index in [0.29, 0.717) is 19.5 Å². The van der Waals surface area contributed by atoms with Crippen LogP contribution in [0.2, 0.25) is 0 Å². The third kappa shape index (κ3) is 3.25. The Hall–Kier alpha value is -1.36. The molecule has 0 atom stereocenters. The molecule has 1 amide bonds. The molecule has 3 N–H and O–H groups in total. The van der Waals surface area contributed by atoms with Crippen LogP contribution in [0.1, 0.15) is 12.1 Å². The molecule has 1 aromatic rings. The van der Waals surface area contributed by atoms with E-state index in [2.05, 4.69) is 10.4 Å². The molecule has 0 aliphatic rings. The molecule has 0 saturated carbocycles. The molecule has 1 heterocycles. The van der Waals surface area contributed by atoms with E-state index in [-0.39, 0.29) is 5.91 Å². The second-order valence-corrected chi connectivity index (χ2v) is 2.80. The van der Waals surface area contributed by atoms with Gasteiger partial charge >= 0.3 is 0 Å². The molecule has 0 aliphatic heterocycles. The second kappa shape index (κ2) is 4.61. The fourth-order valence-electron chi connectivity index (χ4n) is 0.966. The summed E-state index contributed by atoms with van der Waals surface area (Å²) in [4.78, 5) is 11.0. The predicted molar refractivity (Wildman–Crippen MR) is 48.7 cm³/mol. The predicted octanol–water partition coefficient (Wildman–Crippen LogP) is -0.615. The van der Waals surface area contributed by atoms with Crippen LogP contribution in [0.3, 0.4) is 0 Å². The van der Waals surface area contributed by atoms with Crippen LogP contribution < -0.4 is 11.1 Å². The summed E-state index contributed by atoms with van der Waals surface area (Å²) in [5.41, 5.74) is 6.08. The Morgan fingerprint density at radius 1 is 1.77 bits per heavy atom. The molecule has 0 spiro atoms. The molecule has 0 fully saturated rings. The molecular formula is C8H14N4O. The molecule has 5 heteroatoms. The van der Waals surface area contributed by atoms with Crippen LogP contribution in [0.25, 0.3) is 0 Å². The average molecular weight is 182 g/mol. The van der Waals surface area contributed by atoms with E-state index in [1.807, 2.05) is 19.3 Å². The van der Waals surface area contributed by atoms with Crippen molar-refractivity contribution >= 4 is 5.91 Å². The monoisotopic (exact) mass is 182 g/mol. The Labute approximate surface area is 76.9 Å². The zero-order valence-electron chi connectivity index (χ0n) is 7.66. The number of hydrogen-bond acceptors (Lipinski definition) is 3. The van der Waals surface area contributed by atoms with E-state index in [1.54, 1.807) is 4.68 Å². The molecule has 0 aromatic carbocycles. The smallest absolute Gasteiger partial charge is 0.221 e. The van der Waals surface area contributed by atoms with E-state index in [9.17, 15) is 4.79 Å². The minimum Gasteiger partial charge on any atom is -0.350 e. The largest absolute Gasteiger partial charge is 0.350 e. The standard InChI is InChI=1S/C8H14N4O/c1-12-5-3-7(11-12)6-10-8(13)2-4-9/h3,5H,2,4,6,9H2,1H3,(H,10,13). The van der Waals surface area contributed by atoms with Gasteiger partial charge in [-0.05, 0) is 6.07 Å². The highest BCUT2D eigenvalue weighted by Crippen LogP contribution is 1.92. The normalized spacial score (nSPS) is 10.0. The van der Waals surface area contributed by atoms with Crippen molar-refractivity contribution in [2.45, 2.75) is 13.0 Å². The zero-order valence-corrected chi connectivity index (χ0v) is 7.66. The number of aromatic nitrogens is 2. The van der Waals surface area contributed by atoms with Gasteiger partial charge in [-0.1, -0.05) is 0 Å². The van der Waals surface area contributed by atoms with Crippen LogP contribution >= 0.6 is 0 Å². The Bertz CT molecular complexity index is 281. The highest BCUT2D eigenvalue weighted by molar-refractivity contribution is 5.75. The number of hydrogen-bond donors (Lipinski definition) is 2. The van der Waals surface area contributed by atoms with E-state index in [1.165, 1.54) is 0 Å². The molecule has 1 rings (SSSR count). The van der Waals surface area contributed by atoms with Gasteiger partial charge < -0.3 is 11.1 Å². The molecule has 1 aromatic heterocycles. The third-order valence-electron chi connectivity index (χ3n) is 1.61. The summed E-state index contributed by atoms with van der Waals surface area (Å²) in [6, 6.07) is 1.86. The number of carbonyl (C=O) groups is 1. The van der Waals surface area contributed by atoms with Gasteiger partial charge in [0.1, 0.15) is 0 Å². The highest BCUT2D eigenvalue weighted by Gasteiger charge is 2.00. The number of nitrogens with two attached hydrogens (primary N) is 1. The summed E-state index contributed by atoms with van der Waals surface area (Å²) >= 11 is 0. The lowest BCUT2D eigenvalue weighted by atomic mass is 10.4. The quantitative estimate of drug-likeness (QED) is 0.652. The van der Waals surface area contributed by atoms with Crippen molar-refractivity contribution in [3.63, 3.8) is 0 Å². The lowest BCUT2D eigenvalue weighted by Gasteiger charge is -2.00. The summed E-state index contributed by atoms with van der Waals surface area (Å²) < 4.78 is 1.70. The van der Waals surface area contributed by atoms with Gasteiger partial charge in [-0.2, -0.15) is 5.10 Å². The van der Waals surface area contributed by atoms with E-state index in [0.717, 1.165) is 5.69 Å². The van der Waals surface area contributed by atoms with Crippen molar-refractivity contribution in [3.8, 4) is 0 Å². The van der Waals surface area contributed by atoms with Gasteiger partial charge in [0.05, 0.1) is 12.2 Å². The molecule has 13 heavy (non-hydrogen) atoms. The lowest BCUT2D eigenvalue weighted by Crippen LogP contribution is -2.25. The summed E-state index contributed by atoms with van der Waals surface area (Å²) in [5.74, 6) is -0.0341. The van der Waals surface area contributed by atoms with Crippen LogP contribution in [-0.4, -0.2) is 22.2 Å². The molecular weight excluding hydrogens is 168 g/mol. The average Bonchev–Trinajstić information content (AvgIpc) is 2.49. The number of nitrogens with one attached hydrogen (secondary N) is 1. The van der Waals surface area contributed by atoms with Crippen LogP contribution in [0.15, 0.2) is 12.3 Å². The Morgan fingerprint density at radius 3 is 3.08 bits per heavy atom. The van der Waals surface area contributed by atoms with Gasteiger partial charge in [-0.25, -0.2) is 0 Å². The van der Waals surface area contributed by atoms with Gasteiger partial charge in [0.15, 0.2) is 0 Å². The highest BCUT2D eigenvalue weighted by atomic mass is 16.1. The molecule has 5 nitrogen and oxygen atoms in total. The van der Waals surface area contributed by atoms with Gasteiger partial charge in [-0.3, -0.25) is 9.48 Å². The Balaban J connectivity index is 2.30. The van der Waals surface area contributed by atoms with Gasteiger partial charge in [-0.15, -0.1) is 0 Å². The van der Waals surface area contributed by atoms with Crippen molar-refractivity contribution in [3.05, 3.63) is 18.0 Å². The zero-order chi connectivity index (χ0) is 9.68. The molecule has 0 unspecified atom stereocenters. The Morgan fingerprint density at radius 2 is 2.54 bits per heavy atom. The first-order valence-electron chi connectivity index (χ1n) is 4.17. The maximum atomic E-state index is 11.0. The fourth-order valence-corrected chi connectivity index (χ4v) is 0.966. The minimum atomic E-state index is -0.0341. The third-order valence-corrected chi connectivity index (χ3v) is 1.61. The number of amides is 1. The summed E-state index contributed by atoms with van der Waals surface area (Å²) in [6.07, 6.45) is 2.21. The first kappa shape index (κ1) is 9.73. The lowest BCUT2D eigenvalue weighted by molar-refractivity contribution is -0.121. The van der Waals surface area contributed by atoms with Crippen LogP contribution in [-0.2, 0) is 18.4 Å². The van der Waals surface area contributed by atoms with E-state index >= 15 is 0 Å². The summed E-state index contributed by atoms with van der Waals surface area (Å²) in [5, 5.41) is 6.83. The van der Waals surface area contributed by atoms with Gasteiger partial charge in [0, 0.05) is 26.2 Å². The maximum Gasteiger partial charge on any atom is 0.221 e. The van der Waals surface area contributed by atoms with Crippen LogP contribution in [0.5, 0.6) is 0 Å². The summed E-state index contributed by atoms with van der Waals surface area (Å²) in [6.45, 7) is 0.855. The molecule has 0 saturated heterocycles. The van der Waals surface area contributed by atoms with Crippen LogP contribution in [0, 0.1) is 0 Å². The summed E-state index contributed by atoms with van der Waals surface area (Å²) in [7, 11) is 1.84. The Kier molecular flexibility index (Phi) is 3.45. The number of aryl methyl sites for hydroxylation is 1. The maximum absolute atomic E-state index is 11.0. The molecule has 72 valence electrons. The van der Waals surface area contributed by atoms with Crippen molar-refractivity contribution in [1.82, 2.24) is 15.1 Å². The first-order valence-corrected chi connectivity index (χ1v) is 4.17. The number of rotatable bonds is 4. The minimum absolute atomic E-state index is 0.0341. The topological polar surface area (TPSA) is 72.9 Å². The molecule has 0 bridgehead atoms. The number of carbonyl (C=O) groups excluding carboxylic acids is 1. The molecule has 0 aliphatic carbocycles. The first-order chi connectivity index (χ1) is 6.22. The van der Waals surface area contributed by atoms with Crippen molar-refractivity contribution < 1.29 is 4.79 Å². The van der Waals surface area contributed by atoms with E-state index < -0.39 is 0 Å². The van der Waals surface area contributed by atoms with Gasteiger partial charge in [0.2, 0.25) is 5.91 Å². The SMILES string of the molecule is Cn1ccc(CNC(=O)CCN)n1. The second-order valence-electron chi connectivity index (χ2n) is 2.80. The fraction of sp³-hybridized carbons (Fsp3) is 0.500. The van der Waals surface area contributed by atoms with Crippen molar-refractivity contribution in [2.24, 2.45) is 12.8 Å². The number of nitrogens with zero attached hydrogens (tertiary/aromatic N) is 2. The van der Waals surface area contributed by atoms with Crippen LogP contribution in [0.4, 0.5) is 0 Å². The van der Waals surface area contributed by atoms with Crippen molar-refractivity contribution in [1.29, 1.82) is 0 Å².